The molecule has 23 heavy (non-hydrogen) atoms. The summed E-state index contributed by atoms with van der Waals surface area (Å²) in [6, 6.07) is 0.126. The lowest BCUT2D eigenvalue weighted by Crippen LogP contribution is -2.45. The molecule has 1 saturated heterocycles. The number of hydrogen-bond donors (Lipinski definition) is 0. The van der Waals surface area contributed by atoms with E-state index >= 15 is 0 Å². The average Bonchev–Trinajstić information content (AvgIpc) is 3.15. The van der Waals surface area contributed by atoms with Crippen LogP contribution in [-0.2, 0) is 11.3 Å². The zero-order valence-electron chi connectivity index (χ0n) is 13.7. The first kappa shape index (κ1) is 14.8. The molecular weight excluding hydrogens is 294 g/mol. The maximum atomic E-state index is 5.89. The summed E-state index contributed by atoms with van der Waals surface area (Å²) in [6.45, 7) is 7.41. The summed E-state index contributed by atoms with van der Waals surface area (Å²) in [5.41, 5.74) is 1.17. The molecule has 0 aromatic carbocycles. The normalized spacial score (nSPS) is 24.0. The van der Waals surface area contributed by atoms with Crippen molar-refractivity contribution in [2.45, 2.75) is 51.3 Å². The van der Waals surface area contributed by atoms with E-state index in [1.165, 1.54) is 18.4 Å². The van der Waals surface area contributed by atoms with Crippen LogP contribution in [0.5, 0.6) is 0 Å². The molecule has 2 fully saturated rings. The molecule has 124 valence electrons. The molecule has 0 N–H and O–H groups in total. The van der Waals surface area contributed by atoms with E-state index in [-0.39, 0.29) is 12.1 Å². The summed E-state index contributed by atoms with van der Waals surface area (Å²) >= 11 is 0. The molecule has 0 radical (unpaired) electrons. The minimum atomic E-state index is 0.126. The van der Waals surface area contributed by atoms with Crippen LogP contribution >= 0.6 is 0 Å². The smallest absolute Gasteiger partial charge is 0.243 e. The molecule has 1 aliphatic heterocycles. The predicted molar refractivity (Wildman–Crippen MR) is 83.0 cm³/mol. The maximum absolute atomic E-state index is 5.89. The Kier molecular flexibility index (Phi) is 3.90. The third-order valence-corrected chi connectivity index (χ3v) is 4.63. The van der Waals surface area contributed by atoms with Crippen molar-refractivity contribution < 1.29 is 9.26 Å². The first-order valence-corrected chi connectivity index (χ1v) is 8.37. The Hall–Kier alpha value is -1.73. The van der Waals surface area contributed by atoms with Crippen LogP contribution in [-0.4, -0.2) is 50.6 Å². The van der Waals surface area contributed by atoms with Crippen LogP contribution in [0.2, 0.25) is 0 Å². The van der Waals surface area contributed by atoms with Crippen LogP contribution in [0.4, 0.5) is 0 Å². The highest BCUT2D eigenvalue weighted by Gasteiger charge is 2.32. The van der Waals surface area contributed by atoms with E-state index in [1.807, 2.05) is 24.0 Å². The maximum Gasteiger partial charge on any atom is 0.243 e. The highest BCUT2D eigenvalue weighted by molar-refractivity contribution is 5.05. The third kappa shape index (κ3) is 3.30. The SMILES string of the molecule is Cc1cnn(C[C@@H]2CN([C@H](C)c3nc(C4CC4)no3)CCO2)c1. The molecular formula is C16H23N5O2. The molecule has 7 nitrogen and oxygen atoms in total. The minimum absolute atomic E-state index is 0.126. The lowest BCUT2D eigenvalue weighted by Gasteiger charge is -2.35. The Morgan fingerprint density at radius 2 is 2.26 bits per heavy atom. The molecule has 2 aromatic rings. The van der Waals surface area contributed by atoms with Crippen LogP contribution in [0, 0.1) is 6.92 Å². The fraction of sp³-hybridized carbons (Fsp3) is 0.688. The zero-order chi connectivity index (χ0) is 15.8. The van der Waals surface area contributed by atoms with Gasteiger partial charge in [0.05, 0.1) is 31.5 Å². The second-order valence-electron chi connectivity index (χ2n) is 6.67. The van der Waals surface area contributed by atoms with Gasteiger partial charge < -0.3 is 9.26 Å². The number of rotatable bonds is 5. The highest BCUT2D eigenvalue weighted by atomic mass is 16.5. The average molecular weight is 317 g/mol. The molecule has 7 heteroatoms. The monoisotopic (exact) mass is 317 g/mol. The van der Waals surface area contributed by atoms with Gasteiger partial charge in [-0.15, -0.1) is 0 Å². The second kappa shape index (κ2) is 6.05. The van der Waals surface area contributed by atoms with Gasteiger partial charge in [-0.2, -0.15) is 10.1 Å². The molecule has 1 aliphatic carbocycles. The van der Waals surface area contributed by atoms with Crippen molar-refractivity contribution in [2.24, 2.45) is 0 Å². The van der Waals surface area contributed by atoms with E-state index in [1.54, 1.807) is 0 Å². The van der Waals surface area contributed by atoms with Crippen molar-refractivity contribution in [1.29, 1.82) is 0 Å². The second-order valence-corrected chi connectivity index (χ2v) is 6.67. The number of ether oxygens (including phenoxy) is 1. The molecule has 2 aromatic heterocycles. The van der Waals surface area contributed by atoms with E-state index in [0.29, 0.717) is 5.92 Å². The van der Waals surface area contributed by atoms with Crippen LogP contribution in [0.25, 0.3) is 0 Å². The van der Waals surface area contributed by atoms with Gasteiger partial charge in [-0.3, -0.25) is 9.58 Å². The van der Waals surface area contributed by atoms with Gasteiger partial charge in [0.2, 0.25) is 5.89 Å². The number of morpholine rings is 1. The molecule has 3 heterocycles. The van der Waals surface area contributed by atoms with E-state index < -0.39 is 0 Å². The molecule has 4 rings (SSSR count). The van der Waals surface area contributed by atoms with Crippen LogP contribution < -0.4 is 0 Å². The van der Waals surface area contributed by atoms with Crippen molar-refractivity contribution in [3.63, 3.8) is 0 Å². The first-order valence-electron chi connectivity index (χ1n) is 8.37. The van der Waals surface area contributed by atoms with Crippen molar-refractivity contribution in [3.05, 3.63) is 29.7 Å². The van der Waals surface area contributed by atoms with Gasteiger partial charge in [0.1, 0.15) is 0 Å². The van der Waals surface area contributed by atoms with Crippen LogP contribution in [0.1, 0.15) is 49.0 Å². The van der Waals surface area contributed by atoms with E-state index in [0.717, 1.165) is 38.0 Å². The van der Waals surface area contributed by atoms with E-state index in [9.17, 15) is 0 Å². The molecule has 2 atom stereocenters. The number of aryl methyl sites for hydroxylation is 1. The fourth-order valence-corrected chi connectivity index (χ4v) is 3.06. The van der Waals surface area contributed by atoms with Gasteiger partial charge in [0.25, 0.3) is 0 Å². The lowest BCUT2D eigenvalue weighted by atomic mass is 10.2. The third-order valence-electron chi connectivity index (χ3n) is 4.63. The molecule has 0 spiro atoms. The number of hydrogen-bond acceptors (Lipinski definition) is 6. The highest BCUT2D eigenvalue weighted by Crippen LogP contribution is 2.38. The lowest BCUT2D eigenvalue weighted by molar-refractivity contribution is -0.0532. The quantitative estimate of drug-likeness (QED) is 0.839. The Bertz CT molecular complexity index is 663. The standard InChI is InChI=1S/C16H23N5O2/c1-11-7-17-21(8-11)10-14-9-20(5-6-22-14)12(2)16-18-15(19-23-16)13-3-4-13/h7-8,12-14H,3-6,9-10H2,1-2H3/t12-,14+/m1/s1. The minimum Gasteiger partial charge on any atom is -0.374 e. The number of nitrogens with zero attached hydrogens (tertiary/aromatic N) is 5. The Balaban J connectivity index is 1.39. The van der Waals surface area contributed by atoms with Gasteiger partial charge in [0.15, 0.2) is 5.82 Å². The van der Waals surface area contributed by atoms with Gasteiger partial charge in [-0.25, -0.2) is 0 Å². The summed E-state index contributed by atoms with van der Waals surface area (Å²) in [5, 5.41) is 8.47. The summed E-state index contributed by atoms with van der Waals surface area (Å²) in [6.07, 6.45) is 6.44. The fourth-order valence-electron chi connectivity index (χ4n) is 3.06. The Morgan fingerprint density at radius 3 is 3.00 bits per heavy atom. The molecule has 0 amide bonds. The molecule has 1 saturated carbocycles. The van der Waals surface area contributed by atoms with Crippen molar-refractivity contribution in [3.8, 4) is 0 Å². The Labute approximate surface area is 135 Å². The first-order chi connectivity index (χ1) is 11.2. The van der Waals surface area contributed by atoms with Gasteiger partial charge in [-0.05, 0) is 32.3 Å². The van der Waals surface area contributed by atoms with Gasteiger partial charge >= 0.3 is 0 Å². The van der Waals surface area contributed by atoms with Crippen LogP contribution in [0.3, 0.4) is 0 Å². The summed E-state index contributed by atoms with van der Waals surface area (Å²) in [5.74, 6) is 2.13. The predicted octanol–water partition coefficient (Wildman–Crippen LogP) is 1.91. The van der Waals surface area contributed by atoms with Gasteiger partial charge in [0, 0.05) is 25.2 Å². The van der Waals surface area contributed by atoms with Gasteiger partial charge in [-0.1, -0.05) is 5.16 Å². The molecule has 0 bridgehead atoms. The largest absolute Gasteiger partial charge is 0.374 e. The van der Waals surface area contributed by atoms with Crippen molar-refractivity contribution >= 4 is 0 Å². The topological polar surface area (TPSA) is 69.2 Å². The zero-order valence-corrected chi connectivity index (χ0v) is 13.7. The van der Waals surface area contributed by atoms with E-state index in [2.05, 4.69) is 27.1 Å². The van der Waals surface area contributed by atoms with Crippen molar-refractivity contribution in [1.82, 2.24) is 24.8 Å². The summed E-state index contributed by atoms with van der Waals surface area (Å²) < 4.78 is 13.3. The van der Waals surface area contributed by atoms with Crippen LogP contribution in [0.15, 0.2) is 16.9 Å². The Morgan fingerprint density at radius 1 is 1.39 bits per heavy atom. The van der Waals surface area contributed by atoms with Crippen molar-refractivity contribution in [2.75, 3.05) is 19.7 Å². The summed E-state index contributed by atoms with van der Waals surface area (Å²) in [7, 11) is 0. The molecule has 0 unspecified atom stereocenters. The van der Waals surface area contributed by atoms with E-state index in [4.69, 9.17) is 9.26 Å². The number of aromatic nitrogens is 4. The molecule has 2 aliphatic rings. The summed E-state index contributed by atoms with van der Waals surface area (Å²) in [4.78, 5) is 6.94.